The van der Waals surface area contributed by atoms with E-state index in [-0.39, 0.29) is 26.4 Å². The molecule has 0 unspecified atom stereocenters. The van der Waals surface area contributed by atoms with Gasteiger partial charge in [-0.05, 0) is 34.4 Å². The molecule has 4 aromatic rings. The van der Waals surface area contributed by atoms with E-state index in [1.165, 1.54) is 0 Å². The second-order valence-electron chi connectivity index (χ2n) is 9.91. The monoisotopic (exact) mass is 557 g/mol. The Balaban J connectivity index is 1.43. The average molecular weight is 558 g/mol. The van der Waals surface area contributed by atoms with E-state index < -0.39 is 24.4 Å². The number of aliphatic hydroxyl groups is 2. The normalized spacial score (nSPS) is 14.3. The molecule has 0 saturated carbocycles. The van der Waals surface area contributed by atoms with Gasteiger partial charge in [0.1, 0.15) is 24.4 Å². The molecular formula is C34H39NO6. The third-order valence-corrected chi connectivity index (χ3v) is 6.65. The van der Waals surface area contributed by atoms with E-state index in [2.05, 4.69) is 0 Å². The zero-order chi connectivity index (χ0) is 28.7. The summed E-state index contributed by atoms with van der Waals surface area (Å²) in [6.07, 6.45) is -4.25. The van der Waals surface area contributed by atoms with Gasteiger partial charge in [0.05, 0.1) is 39.6 Å². The number of aliphatic hydroxyl groups excluding tert-OH is 2. The Hall–Kier alpha value is -3.56. The molecule has 41 heavy (non-hydrogen) atoms. The summed E-state index contributed by atoms with van der Waals surface area (Å²) in [5.74, 6) is 0. The summed E-state index contributed by atoms with van der Waals surface area (Å²) in [6, 6.07) is 36.5. The average Bonchev–Trinajstić information content (AvgIpc) is 3.02. The van der Waals surface area contributed by atoms with Crippen LogP contribution in [0.4, 0.5) is 5.69 Å². The van der Waals surface area contributed by atoms with E-state index >= 15 is 0 Å². The molecule has 4 N–H and O–H groups in total. The fraction of sp³-hybridized carbons (Fsp3) is 0.294. The number of anilines is 1. The second-order valence-corrected chi connectivity index (χ2v) is 9.91. The van der Waals surface area contributed by atoms with Crippen molar-refractivity contribution in [2.24, 2.45) is 0 Å². The van der Waals surface area contributed by atoms with Gasteiger partial charge in [-0.25, -0.2) is 0 Å². The Morgan fingerprint density at radius 1 is 0.463 bits per heavy atom. The van der Waals surface area contributed by atoms with E-state index in [1.54, 1.807) is 12.1 Å². The molecule has 4 aromatic carbocycles. The van der Waals surface area contributed by atoms with Crippen molar-refractivity contribution in [2.75, 3.05) is 18.9 Å². The number of benzene rings is 4. The topological polar surface area (TPSA) is 103 Å². The largest absolute Gasteiger partial charge is 0.399 e. The van der Waals surface area contributed by atoms with Crippen LogP contribution in [0.1, 0.15) is 22.3 Å². The summed E-state index contributed by atoms with van der Waals surface area (Å²) in [7, 11) is 0. The van der Waals surface area contributed by atoms with Gasteiger partial charge in [-0.1, -0.05) is 103 Å². The van der Waals surface area contributed by atoms with Gasteiger partial charge in [0.25, 0.3) is 0 Å². The quantitative estimate of drug-likeness (QED) is 0.159. The van der Waals surface area contributed by atoms with E-state index in [4.69, 9.17) is 24.7 Å². The van der Waals surface area contributed by atoms with Crippen LogP contribution in [-0.2, 0) is 45.4 Å². The lowest BCUT2D eigenvalue weighted by molar-refractivity contribution is -0.170. The van der Waals surface area contributed by atoms with Gasteiger partial charge in [-0.3, -0.25) is 0 Å². The van der Waals surface area contributed by atoms with Crippen molar-refractivity contribution in [3.8, 4) is 0 Å². The minimum absolute atomic E-state index is 0.0678. The summed E-state index contributed by atoms with van der Waals surface area (Å²) < 4.78 is 24.0. The Morgan fingerprint density at radius 3 is 1.20 bits per heavy atom. The molecule has 4 atom stereocenters. The number of hydrogen-bond donors (Lipinski definition) is 3. The number of nitrogen functional groups attached to an aromatic ring is 1. The van der Waals surface area contributed by atoms with Crippen molar-refractivity contribution in [1.82, 2.24) is 0 Å². The Morgan fingerprint density at radius 2 is 0.805 bits per heavy atom. The number of ether oxygens (including phenoxy) is 4. The van der Waals surface area contributed by atoms with Gasteiger partial charge in [0.2, 0.25) is 0 Å². The van der Waals surface area contributed by atoms with Crippen LogP contribution in [0.3, 0.4) is 0 Å². The highest BCUT2D eigenvalue weighted by molar-refractivity contribution is 5.39. The third-order valence-electron chi connectivity index (χ3n) is 6.65. The minimum Gasteiger partial charge on any atom is -0.399 e. The first kappa shape index (κ1) is 30.4. The molecule has 0 radical (unpaired) electrons. The minimum atomic E-state index is -1.30. The fourth-order valence-electron chi connectivity index (χ4n) is 4.26. The summed E-state index contributed by atoms with van der Waals surface area (Å²) >= 11 is 0. The number of hydrogen-bond acceptors (Lipinski definition) is 7. The van der Waals surface area contributed by atoms with Gasteiger partial charge >= 0.3 is 0 Å². The maximum Gasteiger partial charge on any atom is 0.111 e. The molecule has 0 saturated heterocycles. The predicted octanol–water partition coefficient (Wildman–Crippen LogP) is 4.89. The van der Waals surface area contributed by atoms with Crippen LogP contribution >= 0.6 is 0 Å². The van der Waals surface area contributed by atoms with Gasteiger partial charge < -0.3 is 34.9 Å². The van der Waals surface area contributed by atoms with E-state index in [9.17, 15) is 10.2 Å². The third kappa shape index (κ3) is 10.4. The molecule has 0 spiro atoms. The van der Waals surface area contributed by atoms with Gasteiger partial charge in [-0.2, -0.15) is 0 Å². The van der Waals surface area contributed by atoms with E-state index in [1.807, 2.05) is 103 Å². The summed E-state index contributed by atoms with van der Waals surface area (Å²) in [6.45, 7) is 1.31. The fourth-order valence-corrected chi connectivity index (χ4v) is 4.26. The molecule has 0 fully saturated rings. The standard InChI is InChI=1S/C34H39NO6/c35-30-18-16-29(17-19-30)23-41-32(25-39-21-27-12-6-2-7-13-27)34(37)33(36)31(40-22-28-14-8-3-9-15-28)24-38-20-26-10-4-1-5-11-26/h1-19,31-34,36-37H,20-25,35H2/t31-,32-,33-,34-/m1/s1. The van der Waals surface area contributed by atoms with E-state index in [0.717, 1.165) is 22.3 Å². The summed E-state index contributed by atoms with van der Waals surface area (Å²) in [5, 5.41) is 22.7. The lowest BCUT2D eigenvalue weighted by atomic mass is 10.0. The molecule has 0 aliphatic heterocycles. The number of nitrogens with two attached hydrogens (primary N) is 1. The molecule has 216 valence electrons. The second kappa shape index (κ2) is 16.6. The van der Waals surface area contributed by atoms with Crippen LogP contribution in [0.2, 0.25) is 0 Å². The summed E-state index contributed by atoms with van der Waals surface area (Å²) in [5.41, 5.74) is 10.3. The molecule has 0 heterocycles. The van der Waals surface area contributed by atoms with Gasteiger partial charge in [-0.15, -0.1) is 0 Å². The molecule has 4 rings (SSSR count). The lowest BCUT2D eigenvalue weighted by Gasteiger charge is -2.32. The maximum atomic E-state index is 11.4. The Kier molecular flexibility index (Phi) is 12.3. The molecule has 0 bridgehead atoms. The lowest BCUT2D eigenvalue weighted by Crippen LogP contribution is -2.49. The van der Waals surface area contributed by atoms with Crippen molar-refractivity contribution in [3.05, 3.63) is 138 Å². The Bertz CT molecular complexity index is 1240. The van der Waals surface area contributed by atoms with Gasteiger partial charge in [0.15, 0.2) is 0 Å². The highest BCUT2D eigenvalue weighted by Crippen LogP contribution is 2.18. The van der Waals surface area contributed by atoms with Crippen molar-refractivity contribution >= 4 is 5.69 Å². The van der Waals surface area contributed by atoms with E-state index in [0.29, 0.717) is 18.9 Å². The molecule has 0 aliphatic rings. The van der Waals surface area contributed by atoms with Crippen LogP contribution in [0.15, 0.2) is 115 Å². The first-order valence-electron chi connectivity index (χ1n) is 13.8. The first-order chi connectivity index (χ1) is 20.1. The van der Waals surface area contributed by atoms with Crippen LogP contribution in [0.25, 0.3) is 0 Å². The molecule has 0 amide bonds. The van der Waals surface area contributed by atoms with Crippen molar-refractivity contribution in [2.45, 2.75) is 50.8 Å². The molecule has 0 aliphatic carbocycles. The van der Waals surface area contributed by atoms with Gasteiger partial charge in [0, 0.05) is 5.69 Å². The van der Waals surface area contributed by atoms with Crippen LogP contribution in [-0.4, -0.2) is 47.8 Å². The highest BCUT2D eigenvalue weighted by atomic mass is 16.6. The first-order valence-corrected chi connectivity index (χ1v) is 13.8. The summed E-state index contributed by atoms with van der Waals surface area (Å²) in [4.78, 5) is 0. The predicted molar refractivity (Wildman–Crippen MR) is 159 cm³/mol. The SMILES string of the molecule is Nc1ccc(CO[C@H](COCc2ccccc2)[C@@H](O)[C@H](O)[C@@H](COCc2ccccc2)OCc2ccccc2)cc1. The zero-order valence-corrected chi connectivity index (χ0v) is 23.1. The van der Waals surface area contributed by atoms with Crippen LogP contribution in [0, 0.1) is 0 Å². The Labute approximate surface area is 242 Å². The maximum absolute atomic E-state index is 11.4. The van der Waals surface area contributed by atoms with Crippen LogP contribution < -0.4 is 5.73 Å². The van der Waals surface area contributed by atoms with Crippen molar-refractivity contribution in [3.63, 3.8) is 0 Å². The smallest absolute Gasteiger partial charge is 0.111 e. The highest BCUT2D eigenvalue weighted by Gasteiger charge is 2.34. The van der Waals surface area contributed by atoms with Crippen molar-refractivity contribution < 1.29 is 29.2 Å². The van der Waals surface area contributed by atoms with Crippen molar-refractivity contribution in [1.29, 1.82) is 0 Å². The molecule has 7 heteroatoms. The molecular weight excluding hydrogens is 518 g/mol. The zero-order valence-electron chi connectivity index (χ0n) is 23.1. The molecule has 0 aromatic heterocycles. The van der Waals surface area contributed by atoms with Crippen LogP contribution in [0.5, 0.6) is 0 Å². The molecule has 7 nitrogen and oxygen atoms in total. The number of rotatable bonds is 17.